The molecule has 4 rings (SSSR count). The quantitative estimate of drug-likeness (QED) is 0.525. The summed E-state index contributed by atoms with van der Waals surface area (Å²) in [5, 5.41) is 17.2. The molecule has 0 aliphatic rings. The Morgan fingerprint density at radius 3 is 2.78 bits per heavy atom. The van der Waals surface area contributed by atoms with Crippen molar-refractivity contribution in [2.24, 2.45) is 0 Å². The van der Waals surface area contributed by atoms with Gasteiger partial charge >= 0.3 is 0 Å². The van der Waals surface area contributed by atoms with Gasteiger partial charge in [-0.3, -0.25) is 10.00 Å². The number of hydrogen-bond acceptors (Lipinski definition) is 5. The van der Waals surface area contributed by atoms with E-state index in [0.717, 1.165) is 23.0 Å². The minimum Gasteiger partial charge on any atom is -0.419 e. The predicted octanol–water partition coefficient (Wildman–Crippen LogP) is 4.68. The Morgan fingerprint density at radius 2 is 1.96 bits per heavy atom. The second-order valence-electron chi connectivity index (χ2n) is 6.77. The van der Waals surface area contributed by atoms with Gasteiger partial charge in [0.05, 0.1) is 28.8 Å². The molecule has 4 aromatic rings. The zero-order valence-electron chi connectivity index (χ0n) is 15.2. The van der Waals surface area contributed by atoms with Crippen LogP contribution in [0, 0.1) is 0 Å². The summed E-state index contributed by atoms with van der Waals surface area (Å²) in [6, 6.07) is 14.1. The Labute approximate surface area is 162 Å². The largest absolute Gasteiger partial charge is 0.419 e. The van der Waals surface area contributed by atoms with Crippen molar-refractivity contribution in [3.8, 4) is 11.5 Å². The second kappa shape index (κ2) is 7.50. The number of aromatic amines is 1. The summed E-state index contributed by atoms with van der Waals surface area (Å²) in [6.07, 6.45) is 1.83. The van der Waals surface area contributed by atoms with E-state index in [4.69, 9.17) is 16.0 Å². The number of aromatic nitrogens is 4. The Morgan fingerprint density at radius 1 is 1.11 bits per heavy atom. The van der Waals surface area contributed by atoms with Gasteiger partial charge in [-0.1, -0.05) is 35.9 Å². The topological polar surface area (TPSA) is 70.8 Å². The molecule has 0 bridgehead atoms. The van der Waals surface area contributed by atoms with Crippen LogP contribution in [-0.4, -0.2) is 31.3 Å². The molecule has 0 unspecified atom stereocenters. The van der Waals surface area contributed by atoms with E-state index in [9.17, 15) is 0 Å². The molecule has 27 heavy (non-hydrogen) atoms. The lowest BCUT2D eigenvalue weighted by Crippen LogP contribution is -2.30. The zero-order chi connectivity index (χ0) is 18.8. The lowest BCUT2D eigenvalue weighted by Gasteiger charge is -2.24. The average Bonchev–Trinajstić information content (AvgIpc) is 3.30. The third-order valence-corrected chi connectivity index (χ3v) is 4.86. The molecule has 2 aromatic carbocycles. The highest BCUT2D eigenvalue weighted by Crippen LogP contribution is 2.26. The maximum absolute atomic E-state index is 6.22. The molecule has 0 saturated heterocycles. The van der Waals surface area contributed by atoms with Crippen LogP contribution < -0.4 is 0 Å². The SMILES string of the molecule is CC(C)N(Cc1ccc2cn[nH]c2c1)Cc1nnc(-c2ccccc2Cl)o1. The number of nitrogens with zero attached hydrogens (tertiary/aromatic N) is 4. The van der Waals surface area contributed by atoms with Crippen molar-refractivity contribution in [2.75, 3.05) is 0 Å². The number of benzene rings is 2. The summed E-state index contributed by atoms with van der Waals surface area (Å²) in [5.41, 5.74) is 2.99. The van der Waals surface area contributed by atoms with E-state index in [-0.39, 0.29) is 0 Å². The number of nitrogens with one attached hydrogen (secondary N) is 1. The van der Waals surface area contributed by atoms with Crippen molar-refractivity contribution in [1.29, 1.82) is 0 Å². The zero-order valence-corrected chi connectivity index (χ0v) is 15.9. The van der Waals surface area contributed by atoms with Crippen LogP contribution in [-0.2, 0) is 13.1 Å². The minimum absolute atomic E-state index is 0.318. The standard InChI is InChI=1S/C20H20ClN5O/c1-13(2)26(11-14-7-8-15-10-22-23-18(15)9-14)12-19-24-25-20(27-19)16-5-3-4-6-17(16)21/h3-10,13H,11-12H2,1-2H3,(H,22,23). The number of H-pyrrole nitrogens is 1. The monoisotopic (exact) mass is 381 g/mol. The molecular formula is C20H20ClN5O. The van der Waals surface area contributed by atoms with Crippen molar-refractivity contribution >= 4 is 22.5 Å². The summed E-state index contributed by atoms with van der Waals surface area (Å²) in [7, 11) is 0. The highest BCUT2D eigenvalue weighted by Gasteiger charge is 2.17. The molecule has 6 nitrogen and oxygen atoms in total. The lowest BCUT2D eigenvalue weighted by molar-refractivity contribution is 0.184. The summed E-state index contributed by atoms with van der Waals surface area (Å²) >= 11 is 6.22. The summed E-state index contributed by atoms with van der Waals surface area (Å²) < 4.78 is 5.86. The highest BCUT2D eigenvalue weighted by atomic mass is 35.5. The molecule has 0 radical (unpaired) electrons. The van der Waals surface area contributed by atoms with Gasteiger partial charge in [-0.2, -0.15) is 5.10 Å². The van der Waals surface area contributed by atoms with Crippen LogP contribution in [0.3, 0.4) is 0 Å². The summed E-state index contributed by atoms with van der Waals surface area (Å²) in [6.45, 7) is 5.65. The fourth-order valence-electron chi connectivity index (χ4n) is 2.97. The van der Waals surface area contributed by atoms with E-state index < -0.39 is 0 Å². The normalized spacial score (nSPS) is 11.7. The number of rotatable bonds is 6. The molecule has 0 saturated carbocycles. The number of hydrogen-bond donors (Lipinski definition) is 1. The lowest BCUT2D eigenvalue weighted by atomic mass is 10.1. The van der Waals surface area contributed by atoms with Gasteiger partial charge in [-0.25, -0.2) is 0 Å². The fraction of sp³-hybridized carbons (Fsp3) is 0.250. The van der Waals surface area contributed by atoms with E-state index in [2.05, 4.69) is 57.3 Å². The van der Waals surface area contributed by atoms with Crippen LogP contribution in [0.1, 0.15) is 25.3 Å². The molecule has 0 fully saturated rings. The molecule has 0 aliphatic carbocycles. The van der Waals surface area contributed by atoms with Crippen LogP contribution >= 0.6 is 11.6 Å². The van der Waals surface area contributed by atoms with E-state index in [1.807, 2.05) is 30.5 Å². The third-order valence-electron chi connectivity index (χ3n) is 4.53. The maximum Gasteiger partial charge on any atom is 0.249 e. The van der Waals surface area contributed by atoms with Gasteiger partial charge in [0, 0.05) is 18.0 Å². The van der Waals surface area contributed by atoms with Crippen molar-refractivity contribution in [3.05, 3.63) is 65.1 Å². The van der Waals surface area contributed by atoms with E-state index in [0.29, 0.717) is 29.4 Å². The second-order valence-corrected chi connectivity index (χ2v) is 7.18. The van der Waals surface area contributed by atoms with Gasteiger partial charge in [-0.05, 0) is 37.6 Å². The minimum atomic E-state index is 0.318. The molecule has 0 amide bonds. The van der Waals surface area contributed by atoms with Crippen LogP contribution in [0.25, 0.3) is 22.4 Å². The summed E-state index contributed by atoms with van der Waals surface area (Å²) in [4.78, 5) is 2.28. The fourth-order valence-corrected chi connectivity index (χ4v) is 3.19. The average molecular weight is 382 g/mol. The smallest absolute Gasteiger partial charge is 0.249 e. The molecule has 7 heteroatoms. The molecule has 2 heterocycles. The van der Waals surface area contributed by atoms with Crippen LogP contribution in [0.15, 0.2) is 53.1 Å². The Balaban J connectivity index is 1.52. The molecule has 0 spiro atoms. The Bertz CT molecular complexity index is 1060. The highest BCUT2D eigenvalue weighted by molar-refractivity contribution is 6.33. The molecule has 2 aromatic heterocycles. The van der Waals surface area contributed by atoms with Gasteiger partial charge in [0.1, 0.15) is 0 Å². The van der Waals surface area contributed by atoms with E-state index in [1.54, 1.807) is 0 Å². The number of fused-ring (bicyclic) bond motifs is 1. The van der Waals surface area contributed by atoms with Crippen molar-refractivity contribution < 1.29 is 4.42 Å². The van der Waals surface area contributed by atoms with Gasteiger partial charge in [0.2, 0.25) is 11.8 Å². The van der Waals surface area contributed by atoms with Crippen LogP contribution in [0.2, 0.25) is 5.02 Å². The van der Waals surface area contributed by atoms with Gasteiger partial charge < -0.3 is 4.42 Å². The summed E-state index contributed by atoms with van der Waals surface area (Å²) in [5.74, 6) is 1.01. The van der Waals surface area contributed by atoms with Crippen LogP contribution in [0.4, 0.5) is 0 Å². The molecule has 0 atom stereocenters. The predicted molar refractivity (Wildman–Crippen MR) is 105 cm³/mol. The van der Waals surface area contributed by atoms with Crippen molar-refractivity contribution in [1.82, 2.24) is 25.3 Å². The Kier molecular flexibility index (Phi) is 4.92. The molecule has 138 valence electrons. The third kappa shape index (κ3) is 3.86. The van der Waals surface area contributed by atoms with Crippen molar-refractivity contribution in [3.63, 3.8) is 0 Å². The molecule has 1 N–H and O–H groups in total. The first-order chi connectivity index (χ1) is 13.1. The van der Waals surface area contributed by atoms with E-state index >= 15 is 0 Å². The number of halogens is 1. The molecule has 0 aliphatic heterocycles. The first-order valence-electron chi connectivity index (χ1n) is 8.83. The van der Waals surface area contributed by atoms with Crippen molar-refractivity contribution in [2.45, 2.75) is 33.0 Å². The maximum atomic E-state index is 6.22. The first-order valence-corrected chi connectivity index (χ1v) is 9.21. The molecular weight excluding hydrogens is 362 g/mol. The van der Waals surface area contributed by atoms with Gasteiger partial charge in [0.25, 0.3) is 0 Å². The van der Waals surface area contributed by atoms with Crippen LogP contribution in [0.5, 0.6) is 0 Å². The first kappa shape index (κ1) is 17.7. The Hall–Kier alpha value is -2.70. The van der Waals surface area contributed by atoms with Gasteiger partial charge in [-0.15, -0.1) is 10.2 Å². The van der Waals surface area contributed by atoms with E-state index in [1.165, 1.54) is 5.56 Å². The van der Waals surface area contributed by atoms with Gasteiger partial charge in [0.15, 0.2) is 0 Å².